The second-order valence-corrected chi connectivity index (χ2v) is 7.06. The molecule has 0 aliphatic rings. The van der Waals surface area contributed by atoms with Crippen LogP contribution in [-0.2, 0) is 7.05 Å². The number of rotatable bonds is 6. The van der Waals surface area contributed by atoms with Gasteiger partial charge in [0.15, 0.2) is 5.82 Å². The summed E-state index contributed by atoms with van der Waals surface area (Å²) in [6.07, 6.45) is -1.38. The van der Waals surface area contributed by atoms with Crippen molar-refractivity contribution in [3.8, 4) is 22.5 Å². The molecule has 2 heterocycles. The topological polar surface area (TPSA) is 101 Å². The monoisotopic (exact) mass is 459 g/mol. The van der Waals surface area contributed by atoms with Crippen LogP contribution in [0.2, 0.25) is 0 Å². The standard InChI is InChI=1S/C21H17F4N7O/c1-32-20(29-15-6-7-16(17(22)8-15)14-9-27-28-10-14)30-18(31-32)12-2-4-13(5-3-12)19(33)26-11-21(23,24)25/h2-10H,11H2,1H3,(H,26,33)(H,27,28)(H,29,30,31). The van der Waals surface area contributed by atoms with Crippen LogP contribution in [0.5, 0.6) is 0 Å². The number of amides is 1. The van der Waals surface area contributed by atoms with Crippen molar-refractivity contribution in [3.05, 3.63) is 66.2 Å². The number of anilines is 2. The summed E-state index contributed by atoms with van der Waals surface area (Å²) in [6, 6.07) is 10.5. The molecule has 0 saturated heterocycles. The minimum atomic E-state index is -4.49. The number of hydrogen-bond acceptors (Lipinski definition) is 5. The van der Waals surface area contributed by atoms with Crippen LogP contribution in [0.4, 0.5) is 29.2 Å². The first-order valence-corrected chi connectivity index (χ1v) is 9.62. The zero-order valence-electron chi connectivity index (χ0n) is 17.1. The molecular weight excluding hydrogens is 442 g/mol. The molecule has 2 aromatic heterocycles. The highest BCUT2D eigenvalue weighted by atomic mass is 19.4. The molecule has 2 aromatic carbocycles. The van der Waals surface area contributed by atoms with Crippen molar-refractivity contribution >= 4 is 17.5 Å². The van der Waals surface area contributed by atoms with Crippen LogP contribution in [-0.4, -0.2) is 43.6 Å². The van der Waals surface area contributed by atoms with E-state index in [0.29, 0.717) is 34.2 Å². The number of aromatic nitrogens is 5. The van der Waals surface area contributed by atoms with Crippen LogP contribution in [0, 0.1) is 5.82 Å². The smallest absolute Gasteiger partial charge is 0.343 e. The van der Waals surface area contributed by atoms with E-state index >= 15 is 0 Å². The van der Waals surface area contributed by atoms with Crippen molar-refractivity contribution in [2.75, 3.05) is 11.9 Å². The maximum atomic E-state index is 14.5. The summed E-state index contributed by atoms with van der Waals surface area (Å²) < 4.78 is 52.7. The number of alkyl halides is 3. The Morgan fingerprint density at radius 3 is 2.52 bits per heavy atom. The van der Waals surface area contributed by atoms with Gasteiger partial charge in [-0.3, -0.25) is 9.89 Å². The molecule has 0 saturated carbocycles. The summed E-state index contributed by atoms with van der Waals surface area (Å²) in [4.78, 5) is 16.2. The predicted molar refractivity (Wildman–Crippen MR) is 112 cm³/mol. The van der Waals surface area contributed by atoms with Crippen molar-refractivity contribution in [1.29, 1.82) is 0 Å². The number of aryl methyl sites for hydroxylation is 1. The first-order chi connectivity index (χ1) is 15.7. The van der Waals surface area contributed by atoms with Gasteiger partial charge in [0.2, 0.25) is 5.95 Å². The molecule has 0 aliphatic heterocycles. The summed E-state index contributed by atoms with van der Waals surface area (Å²) in [5, 5.41) is 15.5. The van der Waals surface area contributed by atoms with Gasteiger partial charge in [-0.15, -0.1) is 5.10 Å². The number of nitrogens with one attached hydrogen (secondary N) is 3. The third-order valence-electron chi connectivity index (χ3n) is 4.65. The predicted octanol–water partition coefficient (Wildman–Crippen LogP) is 4.05. The third kappa shape index (κ3) is 5.17. The minimum Gasteiger partial charge on any atom is -0.343 e. The molecule has 33 heavy (non-hydrogen) atoms. The lowest BCUT2D eigenvalue weighted by Gasteiger charge is -2.08. The Bertz CT molecular complexity index is 1270. The van der Waals surface area contributed by atoms with Gasteiger partial charge in [0, 0.05) is 41.2 Å². The third-order valence-corrected chi connectivity index (χ3v) is 4.65. The average Bonchev–Trinajstić information content (AvgIpc) is 3.42. The lowest BCUT2D eigenvalue weighted by Crippen LogP contribution is -2.33. The maximum absolute atomic E-state index is 14.5. The number of benzene rings is 2. The van der Waals surface area contributed by atoms with E-state index in [2.05, 4.69) is 25.6 Å². The fourth-order valence-electron chi connectivity index (χ4n) is 3.02. The van der Waals surface area contributed by atoms with Crippen LogP contribution >= 0.6 is 0 Å². The Kier molecular flexibility index (Phi) is 5.82. The Labute approximate surface area is 184 Å². The number of aromatic amines is 1. The molecule has 0 spiro atoms. The normalized spacial score (nSPS) is 11.4. The van der Waals surface area contributed by atoms with Gasteiger partial charge in [0.1, 0.15) is 12.4 Å². The fourth-order valence-corrected chi connectivity index (χ4v) is 3.02. The van der Waals surface area contributed by atoms with Gasteiger partial charge >= 0.3 is 6.18 Å². The van der Waals surface area contributed by atoms with Gasteiger partial charge in [-0.1, -0.05) is 12.1 Å². The Morgan fingerprint density at radius 1 is 1.12 bits per heavy atom. The number of halogens is 4. The lowest BCUT2D eigenvalue weighted by molar-refractivity contribution is -0.123. The molecular formula is C21H17F4N7O. The van der Waals surface area contributed by atoms with E-state index in [1.165, 1.54) is 41.2 Å². The number of carbonyl (C=O) groups is 1. The summed E-state index contributed by atoms with van der Waals surface area (Å²) in [5.41, 5.74) is 2.10. The molecule has 4 aromatic rings. The fraction of sp³-hybridized carbons (Fsp3) is 0.143. The van der Waals surface area contributed by atoms with Crippen molar-refractivity contribution < 1.29 is 22.4 Å². The minimum absolute atomic E-state index is 0.0745. The molecule has 0 radical (unpaired) electrons. The molecule has 3 N–H and O–H groups in total. The number of hydrogen-bond donors (Lipinski definition) is 3. The first kappa shape index (κ1) is 22.0. The highest BCUT2D eigenvalue weighted by Crippen LogP contribution is 2.26. The highest BCUT2D eigenvalue weighted by Gasteiger charge is 2.27. The Hall–Kier alpha value is -4.22. The lowest BCUT2D eigenvalue weighted by atomic mass is 10.1. The van der Waals surface area contributed by atoms with Gasteiger partial charge in [-0.25, -0.2) is 9.07 Å². The zero-order valence-corrected chi connectivity index (χ0v) is 17.1. The van der Waals surface area contributed by atoms with E-state index in [-0.39, 0.29) is 5.56 Å². The molecule has 1 amide bonds. The molecule has 0 aliphatic carbocycles. The van der Waals surface area contributed by atoms with Crippen LogP contribution in [0.3, 0.4) is 0 Å². The van der Waals surface area contributed by atoms with Crippen LogP contribution in [0.25, 0.3) is 22.5 Å². The Morgan fingerprint density at radius 2 is 1.88 bits per heavy atom. The molecule has 0 fully saturated rings. The van der Waals surface area contributed by atoms with Crippen molar-refractivity contribution in [2.45, 2.75) is 6.18 Å². The van der Waals surface area contributed by atoms with Gasteiger partial charge in [0.25, 0.3) is 5.91 Å². The molecule has 0 bridgehead atoms. The van der Waals surface area contributed by atoms with Crippen LogP contribution in [0.15, 0.2) is 54.9 Å². The van der Waals surface area contributed by atoms with E-state index in [4.69, 9.17) is 0 Å². The molecule has 0 atom stereocenters. The van der Waals surface area contributed by atoms with Gasteiger partial charge < -0.3 is 10.6 Å². The van der Waals surface area contributed by atoms with E-state index in [9.17, 15) is 22.4 Å². The van der Waals surface area contributed by atoms with E-state index in [1.54, 1.807) is 25.4 Å². The Balaban J connectivity index is 1.47. The maximum Gasteiger partial charge on any atom is 0.405 e. The van der Waals surface area contributed by atoms with Crippen LogP contribution < -0.4 is 10.6 Å². The molecule has 12 heteroatoms. The van der Waals surface area contributed by atoms with Crippen molar-refractivity contribution in [1.82, 2.24) is 30.3 Å². The van der Waals surface area contributed by atoms with E-state index in [1.807, 2.05) is 5.32 Å². The van der Waals surface area contributed by atoms with E-state index in [0.717, 1.165) is 0 Å². The second-order valence-electron chi connectivity index (χ2n) is 7.06. The van der Waals surface area contributed by atoms with Crippen molar-refractivity contribution in [2.24, 2.45) is 7.05 Å². The number of H-pyrrole nitrogens is 1. The summed E-state index contributed by atoms with van der Waals surface area (Å²) in [5.74, 6) is -0.621. The highest BCUT2D eigenvalue weighted by molar-refractivity contribution is 5.94. The van der Waals surface area contributed by atoms with Crippen molar-refractivity contribution in [3.63, 3.8) is 0 Å². The second kappa shape index (κ2) is 8.73. The summed E-state index contributed by atoms with van der Waals surface area (Å²) >= 11 is 0. The first-order valence-electron chi connectivity index (χ1n) is 9.62. The quantitative estimate of drug-likeness (QED) is 0.378. The summed E-state index contributed by atoms with van der Waals surface area (Å²) in [6.45, 7) is -1.41. The average molecular weight is 459 g/mol. The summed E-state index contributed by atoms with van der Waals surface area (Å²) in [7, 11) is 1.65. The number of carbonyl (C=O) groups excluding carboxylic acids is 1. The van der Waals surface area contributed by atoms with E-state index < -0.39 is 24.4 Å². The largest absolute Gasteiger partial charge is 0.405 e. The van der Waals surface area contributed by atoms with Gasteiger partial charge in [-0.05, 0) is 30.3 Å². The van der Waals surface area contributed by atoms with Gasteiger partial charge in [-0.2, -0.15) is 23.3 Å². The molecule has 4 rings (SSSR count). The SMILES string of the molecule is Cn1nc(-c2ccc(C(=O)NCC(F)(F)F)cc2)nc1Nc1ccc(-c2cn[nH]c2)c(F)c1. The zero-order chi connectivity index (χ0) is 23.6. The number of nitrogens with zero attached hydrogens (tertiary/aromatic N) is 4. The molecule has 8 nitrogen and oxygen atoms in total. The molecule has 170 valence electrons. The van der Waals surface area contributed by atoms with Gasteiger partial charge in [0.05, 0.1) is 6.20 Å². The van der Waals surface area contributed by atoms with Crippen LogP contribution in [0.1, 0.15) is 10.4 Å². The molecule has 0 unspecified atom stereocenters.